The minimum Gasteiger partial charge on any atom is -0.366 e. The molecule has 0 unspecified atom stereocenters. The van der Waals surface area contributed by atoms with Gasteiger partial charge in [0, 0.05) is 36.0 Å². The zero-order chi connectivity index (χ0) is 17.6. The van der Waals surface area contributed by atoms with Crippen LogP contribution in [-0.4, -0.2) is 29.8 Å². The molecule has 6 heteroatoms. The van der Waals surface area contributed by atoms with Crippen molar-refractivity contribution in [3.63, 3.8) is 0 Å². The van der Waals surface area contributed by atoms with Gasteiger partial charge in [-0.1, -0.05) is 35.9 Å². The number of thiazole rings is 1. The topological polar surface area (TPSA) is 28.5 Å². The van der Waals surface area contributed by atoms with Gasteiger partial charge in [0.2, 0.25) is 0 Å². The summed E-state index contributed by atoms with van der Waals surface area (Å²) in [4.78, 5) is 11.2. The maximum atomic E-state index is 5.94. The second kappa shape index (κ2) is 9.72. The predicted molar refractivity (Wildman–Crippen MR) is 116 cm³/mol. The van der Waals surface area contributed by atoms with E-state index in [1.165, 1.54) is 5.56 Å². The molecule has 0 spiro atoms. The monoisotopic (exact) mass is 405 g/mol. The molecule has 0 atom stereocenters. The third kappa shape index (κ3) is 5.56. The SMILES string of the molecule is CCN(C)/C=N\c1ccc(Cc2nc(-c3ccc(Cl)cc3)cs2)cc1.Cl. The summed E-state index contributed by atoms with van der Waals surface area (Å²) >= 11 is 7.63. The van der Waals surface area contributed by atoms with Gasteiger partial charge >= 0.3 is 0 Å². The molecule has 0 radical (unpaired) electrons. The van der Waals surface area contributed by atoms with Gasteiger partial charge in [-0.05, 0) is 36.8 Å². The number of benzene rings is 2. The number of aromatic nitrogens is 1. The van der Waals surface area contributed by atoms with E-state index in [-0.39, 0.29) is 12.4 Å². The third-order valence-corrected chi connectivity index (χ3v) is 4.99. The fraction of sp³-hybridized carbons (Fsp3) is 0.200. The average Bonchev–Trinajstić information content (AvgIpc) is 3.10. The summed E-state index contributed by atoms with van der Waals surface area (Å²) in [6.07, 6.45) is 2.69. The highest BCUT2D eigenvalue weighted by molar-refractivity contribution is 7.10. The van der Waals surface area contributed by atoms with Gasteiger partial charge < -0.3 is 4.90 Å². The van der Waals surface area contributed by atoms with Crippen molar-refractivity contribution in [3.05, 3.63) is 69.5 Å². The first-order valence-corrected chi connectivity index (χ1v) is 9.43. The van der Waals surface area contributed by atoms with E-state index < -0.39 is 0 Å². The van der Waals surface area contributed by atoms with Crippen LogP contribution in [0.2, 0.25) is 5.02 Å². The van der Waals surface area contributed by atoms with E-state index in [0.29, 0.717) is 0 Å². The van der Waals surface area contributed by atoms with Crippen molar-refractivity contribution < 1.29 is 0 Å². The van der Waals surface area contributed by atoms with Crippen LogP contribution in [0.15, 0.2) is 58.9 Å². The largest absolute Gasteiger partial charge is 0.366 e. The molecule has 0 fully saturated rings. The van der Waals surface area contributed by atoms with Gasteiger partial charge in [0.05, 0.1) is 22.7 Å². The molecule has 2 aromatic carbocycles. The lowest BCUT2D eigenvalue weighted by atomic mass is 10.1. The smallest absolute Gasteiger partial charge is 0.0976 e. The molecule has 3 rings (SSSR count). The van der Waals surface area contributed by atoms with Crippen molar-refractivity contribution in [1.82, 2.24) is 9.88 Å². The first-order chi connectivity index (χ1) is 12.1. The number of rotatable bonds is 6. The van der Waals surface area contributed by atoms with Crippen LogP contribution in [0.3, 0.4) is 0 Å². The zero-order valence-electron chi connectivity index (χ0n) is 14.7. The van der Waals surface area contributed by atoms with Gasteiger partial charge in [-0.25, -0.2) is 9.98 Å². The van der Waals surface area contributed by atoms with Gasteiger partial charge in [0.25, 0.3) is 0 Å². The van der Waals surface area contributed by atoms with Gasteiger partial charge in [-0.2, -0.15) is 0 Å². The van der Waals surface area contributed by atoms with Crippen LogP contribution in [0.1, 0.15) is 17.5 Å². The Balaban J connectivity index is 0.00000243. The highest BCUT2D eigenvalue weighted by Gasteiger charge is 2.06. The maximum absolute atomic E-state index is 5.94. The van der Waals surface area contributed by atoms with E-state index in [9.17, 15) is 0 Å². The van der Waals surface area contributed by atoms with Crippen molar-refractivity contribution in [2.45, 2.75) is 13.3 Å². The second-order valence-electron chi connectivity index (χ2n) is 5.79. The van der Waals surface area contributed by atoms with Crippen LogP contribution in [0, 0.1) is 0 Å². The van der Waals surface area contributed by atoms with E-state index in [2.05, 4.69) is 29.4 Å². The Morgan fingerprint density at radius 3 is 2.46 bits per heavy atom. The van der Waals surface area contributed by atoms with Gasteiger partial charge in [0.1, 0.15) is 0 Å². The Kier molecular flexibility index (Phi) is 7.64. The first kappa shape index (κ1) is 20.4. The molecule has 0 amide bonds. The van der Waals surface area contributed by atoms with Crippen molar-refractivity contribution in [1.29, 1.82) is 0 Å². The molecule has 0 aliphatic carbocycles. The summed E-state index contributed by atoms with van der Waals surface area (Å²) in [6.45, 7) is 3.04. The standard InChI is InChI=1S/C20H20ClN3S.ClH/c1-3-24(2)14-22-18-10-4-15(5-11-18)12-20-23-19(13-25-20)16-6-8-17(21)9-7-16;/h4-11,13-14H,3,12H2,1-2H3;1H/b22-14-;. The molecule has 3 nitrogen and oxygen atoms in total. The summed E-state index contributed by atoms with van der Waals surface area (Å²) in [5.74, 6) is 0. The Morgan fingerprint density at radius 1 is 1.12 bits per heavy atom. The molecular formula is C20H21Cl2N3S. The minimum atomic E-state index is 0. The molecule has 0 bridgehead atoms. The maximum Gasteiger partial charge on any atom is 0.0976 e. The van der Waals surface area contributed by atoms with Gasteiger partial charge in [0.15, 0.2) is 0 Å². The molecule has 136 valence electrons. The fourth-order valence-corrected chi connectivity index (χ4v) is 3.23. The van der Waals surface area contributed by atoms with Crippen molar-refractivity contribution in [2.75, 3.05) is 13.6 Å². The Labute approximate surface area is 169 Å². The van der Waals surface area contributed by atoms with Gasteiger partial charge in [-0.3, -0.25) is 0 Å². The average molecular weight is 406 g/mol. The Hall–Kier alpha value is -1.88. The Bertz CT molecular complexity index is 842. The number of aliphatic imine (C=N–C) groups is 1. The van der Waals surface area contributed by atoms with Crippen LogP contribution < -0.4 is 0 Å². The van der Waals surface area contributed by atoms with Crippen molar-refractivity contribution >= 4 is 47.4 Å². The number of hydrogen-bond donors (Lipinski definition) is 0. The van der Waals surface area contributed by atoms with Crippen LogP contribution >= 0.6 is 35.3 Å². The number of halogens is 2. The fourth-order valence-electron chi connectivity index (χ4n) is 2.27. The van der Waals surface area contributed by atoms with E-state index in [1.54, 1.807) is 11.3 Å². The van der Waals surface area contributed by atoms with Crippen LogP contribution in [0.4, 0.5) is 5.69 Å². The number of nitrogens with zero attached hydrogens (tertiary/aromatic N) is 3. The lowest BCUT2D eigenvalue weighted by Gasteiger charge is -2.07. The van der Waals surface area contributed by atoms with E-state index in [0.717, 1.165) is 39.9 Å². The third-order valence-electron chi connectivity index (χ3n) is 3.89. The second-order valence-corrected chi connectivity index (χ2v) is 7.17. The van der Waals surface area contributed by atoms with Crippen LogP contribution in [0.25, 0.3) is 11.3 Å². The van der Waals surface area contributed by atoms with E-state index in [4.69, 9.17) is 16.6 Å². The van der Waals surface area contributed by atoms with Crippen molar-refractivity contribution in [2.24, 2.45) is 4.99 Å². The molecule has 0 aliphatic rings. The molecule has 26 heavy (non-hydrogen) atoms. The molecule has 0 saturated heterocycles. The lowest BCUT2D eigenvalue weighted by Crippen LogP contribution is -2.14. The van der Waals surface area contributed by atoms with Crippen LogP contribution in [0.5, 0.6) is 0 Å². The lowest BCUT2D eigenvalue weighted by molar-refractivity contribution is 0.552. The highest BCUT2D eigenvalue weighted by Crippen LogP contribution is 2.25. The highest BCUT2D eigenvalue weighted by atomic mass is 35.5. The quantitative estimate of drug-likeness (QED) is 0.366. The minimum absolute atomic E-state index is 0. The first-order valence-electron chi connectivity index (χ1n) is 8.18. The van der Waals surface area contributed by atoms with Crippen LogP contribution in [-0.2, 0) is 6.42 Å². The van der Waals surface area contributed by atoms with E-state index in [1.807, 2.05) is 54.7 Å². The predicted octanol–water partition coefficient (Wildman–Crippen LogP) is 6.09. The summed E-state index contributed by atoms with van der Waals surface area (Å²) in [7, 11) is 2.01. The van der Waals surface area contributed by atoms with Gasteiger partial charge in [-0.15, -0.1) is 23.7 Å². The zero-order valence-corrected chi connectivity index (χ0v) is 17.1. The summed E-state index contributed by atoms with van der Waals surface area (Å²) in [6, 6.07) is 16.1. The molecule has 3 aromatic rings. The summed E-state index contributed by atoms with van der Waals surface area (Å²) in [5.41, 5.74) is 4.29. The molecular weight excluding hydrogens is 385 g/mol. The Morgan fingerprint density at radius 2 is 1.81 bits per heavy atom. The molecule has 0 aliphatic heterocycles. The molecule has 0 saturated carbocycles. The molecule has 0 N–H and O–H groups in total. The summed E-state index contributed by atoms with van der Waals surface area (Å²) < 4.78 is 0. The molecule has 1 aromatic heterocycles. The van der Waals surface area contributed by atoms with E-state index >= 15 is 0 Å². The van der Waals surface area contributed by atoms with Crippen molar-refractivity contribution in [3.8, 4) is 11.3 Å². The molecule has 1 heterocycles. The number of hydrogen-bond acceptors (Lipinski definition) is 3. The summed E-state index contributed by atoms with van der Waals surface area (Å²) in [5, 5.41) is 3.94. The normalized spacial score (nSPS) is 10.7.